The Morgan fingerprint density at radius 1 is 1.10 bits per heavy atom. The lowest BCUT2D eigenvalue weighted by atomic mass is 9.83. The van der Waals surface area contributed by atoms with E-state index < -0.39 is 6.10 Å². The molecule has 0 saturated carbocycles. The van der Waals surface area contributed by atoms with Crippen LogP contribution in [0.3, 0.4) is 0 Å². The summed E-state index contributed by atoms with van der Waals surface area (Å²) in [4.78, 5) is 32.8. The first-order valence-electron chi connectivity index (χ1n) is 10.7. The number of piperidine rings is 1. The van der Waals surface area contributed by atoms with Crippen molar-refractivity contribution in [2.24, 2.45) is 11.1 Å². The number of benzene rings is 1. The second-order valence-electron chi connectivity index (χ2n) is 8.76. The molecule has 1 saturated heterocycles. The van der Waals surface area contributed by atoms with E-state index in [0.29, 0.717) is 38.4 Å². The van der Waals surface area contributed by atoms with Crippen molar-refractivity contribution in [1.29, 1.82) is 0 Å². The molecular formula is C23H23N3O5. The zero-order valence-corrected chi connectivity index (χ0v) is 17.0. The Morgan fingerprint density at radius 2 is 2.00 bits per heavy atom. The van der Waals surface area contributed by atoms with Crippen LogP contribution in [0, 0.1) is 5.92 Å². The molecule has 0 N–H and O–H groups in total. The summed E-state index contributed by atoms with van der Waals surface area (Å²) in [5.41, 5.74) is 2.99. The first-order valence-corrected chi connectivity index (χ1v) is 10.7. The maximum absolute atomic E-state index is 13.2. The van der Waals surface area contributed by atoms with Crippen molar-refractivity contribution in [3.05, 3.63) is 58.0 Å². The molecule has 31 heavy (non-hydrogen) atoms. The molecule has 4 aliphatic rings. The quantitative estimate of drug-likeness (QED) is 0.756. The maximum atomic E-state index is 13.2. The van der Waals surface area contributed by atoms with Gasteiger partial charge in [0.15, 0.2) is 11.5 Å². The van der Waals surface area contributed by atoms with E-state index in [9.17, 15) is 9.59 Å². The predicted octanol–water partition coefficient (Wildman–Crippen LogP) is 1.91. The van der Waals surface area contributed by atoms with Gasteiger partial charge in [-0.1, -0.05) is 17.3 Å². The van der Waals surface area contributed by atoms with Crippen LogP contribution in [0.25, 0.3) is 0 Å². The number of pyridine rings is 1. The molecule has 4 aliphatic heterocycles. The predicted molar refractivity (Wildman–Crippen MR) is 111 cm³/mol. The lowest BCUT2D eigenvalue weighted by molar-refractivity contribution is -0.144. The number of ether oxygens (including phenoxy) is 2. The fourth-order valence-electron chi connectivity index (χ4n) is 5.23. The molecule has 0 radical (unpaired) electrons. The number of hydrogen-bond acceptors (Lipinski definition) is 6. The maximum Gasteiger partial charge on any atom is 0.266 e. The number of hydrogen-bond donors (Lipinski definition) is 0. The van der Waals surface area contributed by atoms with E-state index in [1.165, 1.54) is 0 Å². The Kier molecular flexibility index (Phi) is 4.26. The van der Waals surface area contributed by atoms with Crippen LogP contribution < -0.4 is 15.0 Å². The summed E-state index contributed by atoms with van der Waals surface area (Å²) in [5.74, 6) is 1.97. The monoisotopic (exact) mass is 421 g/mol. The topological polar surface area (TPSA) is 82.4 Å². The Bertz CT molecular complexity index is 1140. The SMILES string of the molecule is O=C([C@@H]1CC(Cc2ccc3c(c2)OCO3)=NO1)N1C[C@H]2C[C@@H](C1)c1cccc(=O)n1C2. The van der Waals surface area contributed by atoms with Crippen LogP contribution in [0.5, 0.6) is 11.5 Å². The highest BCUT2D eigenvalue weighted by atomic mass is 16.7. The minimum Gasteiger partial charge on any atom is -0.454 e. The van der Waals surface area contributed by atoms with Crippen molar-refractivity contribution < 1.29 is 19.1 Å². The molecule has 1 amide bonds. The zero-order valence-electron chi connectivity index (χ0n) is 17.0. The van der Waals surface area contributed by atoms with Crippen LogP contribution in [0.1, 0.15) is 30.0 Å². The van der Waals surface area contributed by atoms with Gasteiger partial charge in [0.05, 0.1) is 5.71 Å². The minimum atomic E-state index is -0.569. The third-order valence-electron chi connectivity index (χ3n) is 6.64. The molecular weight excluding hydrogens is 398 g/mol. The van der Waals surface area contributed by atoms with E-state index in [1.807, 2.05) is 39.8 Å². The summed E-state index contributed by atoms with van der Waals surface area (Å²) in [5, 5.41) is 4.19. The molecule has 5 heterocycles. The van der Waals surface area contributed by atoms with Gasteiger partial charge < -0.3 is 23.8 Å². The van der Waals surface area contributed by atoms with Crippen molar-refractivity contribution in [2.45, 2.75) is 37.8 Å². The van der Waals surface area contributed by atoms with E-state index in [-0.39, 0.29) is 24.2 Å². The highest BCUT2D eigenvalue weighted by molar-refractivity contribution is 5.94. The molecule has 2 aromatic rings. The Labute approximate surface area is 179 Å². The van der Waals surface area contributed by atoms with Gasteiger partial charge in [-0.2, -0.15) is 0 Å². The number of carbonyl (C=O) groups excluding carboxylic acids is 1. The number of rotatable bonds is 3. The second-order valence-corrected chi connectivity index (χ2v) is 8.76. The van der Waals surface area contributed by atoms with Crippen LogP contribution in [0.4, 0.5) is 0 Å². The highest BCUT2D eigenvalue weighted by Gasteiger charge is 2.40. The van der Waals surface area contributed by atoms with Crippen LogP contribution in [-0.2, 0) is 22.6 Å². The van der Waals surface area contributed by atoms with Crippen LogP contribution in [0.2, 0.25) is 0 Å². The average Bonchev–Trinajstić information content (AvgIpc) is 3.43. The lowest BCUT2D eigenvalue weighted by Gasteiger charge is -2.43. The van der Waals surface area contributed by atoms with E-state index in [1.54, 1.807) is 6.07 Å². The van der Waals surface area contributed by atoms with Gasteiger partial charge in [-0.15, -0.1) is 0 Å². The summed E-state index contributed by atoms with van der Waals surface area (Å²) >= 11 is 0. The van der Waals surface area contributed by atoms with E-state index in [0.717, 1.165) is 34.9 Å². The Hall–Kier alpha value is -3.29. The van der Waals surface area contributed by atoms with Gasteiger partial charge in [0, 0.05) is 50.2 Å². The molecule has 1 fully saturated rings. The van der Waals surface area contributed by atoms with E-state index in [2.05, 4.69) is 5.16 Å². The highest BCUT2D eigenvalue weighted by Crippen LogP contribution is 2.36. The van der Waals surface area contributed by atoms with Gasteiger partial charge in [-0.05, 0) is 36.1 Å². The molecule has 6 rings (SSSR count). The van der Waals surface area contributed by atoms with E-state index >= 15 is 0 Å². The number of carbonyl (C=O) groups is 1. The third-order valence-corrected chi connectivity index (χ3v) is 6.64. The number of fused-ring (bicyclic) bond motifs is 5. The number of amides is 1. The van der Waals surface area contributed by atoms with Gasteiger partial charge in [0.25, 0.3) is 11.5 Å². The number of nitrogens with zero attached hydrogens (tertiary/aromatic N) is 3. The van der Waals surface area contributed by atoms with E-state index in [4.69, 9.17) is 14.3 Å². The molecule has 2 bridgehead atoms. The second kappa shape index (κ2) is 7.14. The minimum absolute atomic E-state index is 0.00846. The first-order chi connectivity index (χ1) is 15.1. The first kappa shape index (κ1) is 18.5. The Balaban J connectivity index is 1.11. The van der Waals surface area contributed by atoms with Crippen molar-refractivity contribution in [3.8, 4) is 11.5 Å². The van der Waals surface area contributed by atoms with Crippen molar-refractivity contribution in [2.75, 3.05) is 19.9 Å². The number of likely N-dealkylation sites (tertiary alicyclic amines) is 1. The molecule has 0 aliphatic carbocycles. The Morgan fingerprint density at radius 3 is 2.94 bits per heavy atom. The van der Waals surface area contributed by atoms with Crippen molar-refractivity contribution >= 4 is 11.6 Å². The van der Waals surface area contributed by atoms with Crippen LogP contribution >= 0.6 is 0 Å². The van der Waals surface area contributed by atoms with Crippen LogP contribution in [0.15, 0.2) is 46.3 Å². The van der Waals surface area contributed by atoms with Gasteiger partial charge >= 0.3 is 0 Å². The summed E-state index contributed by atoms with van der Waals surface area (Å²) in [6.07, 6.45) is 1.56. The molecule has 1 aromatic heterocycles. The normalized spacial score (nSPS) is 25.6. The summed E-state index contributed by atoms with van der Waals surface area (Å²) in [6.45, 7) is 2.20. The van der Waals surface area contributed by atoms with Crippen molar-refractivity contribution in [1.82, 2.24) is 9.47 Å². The molecule has 1 aromatic carbocycles. The van der Waals surface area contributed by atoms with Gasteiger partial charge in [-0.25, -0.2) is 0 Å². The molecule has 0 unspecified atom stereocenters. The summed E-state index contributed by atoms with van der Waals surface area (Å²) in [6, 6.07) is 11.3. The van der Waals surface area contributed by atoms with Gasteiger partial charge in [0.2, 0.25) is 12.9 Å². The lowest BCUT2D eigenvalue weighted by Crippen LogP contribution is -2.51. The standard InChI is InChI=1S/C23H23N3O5/c27-22-3-1-2-18-16-6-15(11-26(18)22)10-25(12-16)23(28)21-9-17(24-31-21)7-14-4-5-19-20(8-14)30-13-29-19/h1-5,8,15-16,21H,6-7,9-13H2/t15-,16+,21+/m1/s1. The van der Waals surface area contributed by atoms with Crippen molar-refractivity contribution in [3.63, 3.8) is 0 Å². The smallest absolute Gasteiger partial charge is 0.266 e. The van der Waals surface area contributed by atoms with Crippen LogP contribution in [-0.4, -0.2) is 47.1 Å². The fraction of sp³-hybridized carbons (Fsp3) is 0.435. The molecule has 160 valence electrons. The van der Waals surface area contributed by atoms with Gasteiger partial charge in [0.1, 0.15) is 0 Å². The summed E-state index contributed by atoms with van der Waals surface area (Å²) in [7, 11) is 0. The number of oxime groups is 1. The third kappa shape index (κ3) is 3.26. The zero-order chi connectivity index (χ0) is 20.9. The van der Waals surface area contributed by atoms with Gasteiger partial charge in [-0.3, -0.25) is 9.59 Å². The fourth-order valence-corrected chi connectivity index (χ4v) is 5.23. The average molecular weight is 421 g/mol. The molecule has 8 heteroatoms. The molecule has 0 spiro atoms. The largest absolute Gasteiger partial charge is 0.454 e. The molecule has 8 nitrogen and oxygen atoms in total. The summed E-state index contributed by atoms with van der Waals surface area (Å²) < 4.78 is 12.7. The molecule has 3 atom stereocenters. The number of aromatic nitrogens is 1.